The van der Waals surface area contributed by atoms with Gasteiger partial charge in [-0.25, -0.2) is 13.1 Å². The molecular weight excluding hydrogens is 411 g/mol. The molecule has 0 spiro atoms. The Balaban J connectivity index is 1.74. The highest BCUT2D eigenvalue weighted by Crippen LogP contribution is 2.34. The van der Waals surface area contributed by atoms with Crippen molar-refractivity contribution < 1.29 is 36.2 Å². The lowest BCUT2D eigenvalue weighted by molar-refractivity contribution is -0.275. The molecule has 0 heterocycles. The van der Waals surface area contributed by atoms with Gasteiger partial charge in [-0.1, -0.05) is 30.3 Å². The first-order valence-corrected chi connectivity index (χ1v) is 10.2. The Labute approximate surface area is 165 Å². The molecule has 3 rings (SSSR count). The van der Waals surface area contributed by atoms with Gasteiger partial charge in [0.15, 0.2) is 0 Å². The number of sulfonamides is 1. The van der Waals surface area contributed by atoms with Crippen LogP contribution in [-0.2, 0) is 27.7 Å². The third kappa shape index (κ3) is 5.27. The summed E-state index contributed by atoms with van der Waals surface area (Å²) >= 11 is 0. The van der Waals surface area contributed by atoms with E-state index in [4.69, 9.17) is 5.11 Å². The van der Waals surface area contributed by atoms with Gasteiger partial charge in [0.2, 0.25) is 10.0 Å². The maximum atomic E-state index is 12.6. The van der Waals surface area contributed by atoms with Crippen molar-refractivity contribution in [1.82, 2.24) is 4.72 Å². The quantitative estimate of drug-likeness (QED) is 0.705. The number of hydrogen-bond donors (Lipinski definition) is 2. The number of ether oxygens (including phenoxy) is 1. The molecule has 156 valence electrons. The highest BCUT2D eigenvalue weighted by molar-refractivity contribution is 7.89. The van der Waals surface area contributed by atoms with E-state index in [0.717, 1.165) is 23.3 Å². The second-order valence-electron chi connectivity index (χ2n) is 6.69. The first-order chi connectivity index (χ1) is 13.5. The van der Waals surface area contributed by atoms with Gasteiger partial charge in [-0.3, -0.25) is 4.79 Å². The number of halogens is 3. The predicted molar refractivity (Wildman–Crippen MR) is 97.2 cm³/mol. The molecule has 1 aliphatic rings. The number of hydrogen-bond acceptors (Lipinski definition) is 4. The molecule has 1 unspecified atom stereocenters. The minimum atomic E-state index is -5.01. The third-order valence-electron chi connectivity index (χ3n) is 4.65. The maximum Gasteiger partial charge on any atom is 0.573 e. The van der Waals surface area contributed by atoms with Crippen molar-refractivity contribution >= 4 is 16.0 Å². The fourth-order valence-corrected chi connectivity index (χ4v) is 4.63. The highest BCUT2D eigenvalue weighted by Gasteiger charge is 2.34. The second kappa shape index (κ2) is 8.03. The fraction of sp³-hybridized carbons (Fsp3) is 0.316. The minimum Gasteiger partial charge on any atom is -0.481 e. The number of fused-ring (bicyclic) bond motifs is 1. The molecule has 6 nitrogen and oxygen atoms in total. The van der Waals surface area contributed by atoms with Crippen molar-refractivity contribution in [2.75, 3.05) is 6.54 Å². The molecule has 0 saturated heterocycles. The van der Waals surface area contributed by atoms with Gasteiger partial charge in [-0.05, 0) is 47.6 Å². The van der Waals surface area contributed by atoms with Crippen LogP contribution in [0.25, 0.3) is 0 Å². The molecule has 0 radical (unpaired) electrons. The Bertz CT molecular complexity index is 1020. The van der Waals surface area contributed by atoms with Crippen molar-refractivity contribution in [2.24, 2.45) is 0 Å². The minimum absolute atomic E-state index is 0.00790. The van der Waals surface area contributed by atoms with Crippen LogP contribution in [0.1, 0.15) is 29.0 Å². The van der Waals surface area contributed by atoms with E-state index in [1.807, 2.05) is 0 Å². The van der Waals surface area contributed by atoms with E-state index >= 15 is 0 Å². The molecule has 2 aromatic carbocycles. The fourth-order valence-electron chi connectivity index (χ4n) is 3.42. The van der Waals surface area contributed by atoms with Gasteiger partial charge in [0.1, 0.15) is 10.6 Å². The molecule has 0 aliphatic heterocycles. The number of carbonyl (C=O) groups is 1. The zero-order chi connectivity index (χ0) is 21.2. The second-order valence-corrected chi connectivity index (χ2v) is 8.42. The molecule has 0 fully saturated rings. The molecule has 1 atom stereocenters. The van der Waals surface area contributed by atoms with Crippen molar-refractivity contribution in [3.05, 3.63) is 59.2 Å². The summed E-state index contributed by atoms with van der Waals surface area (Å²) in [6, 6.07) is 9.81. The lowest BCUT2D eigenvalue weighted by Gasteiger charge is -2.16. The highest BCUT2D eigenvalue weighted by atomic mass is 32.2. The van der Waals surface area contributed by atoms with Crippen LogP contribution in [0.5, 0.6) is 5.75 Å². The number of aryl methyl sites for hydroxylation is 1. The van der Waals surface area contributed by atoms with Crippen LogP contribution in [0.2, 0.25) is 0 Å². The predicted octanol–water partition coefficient (Wildman–Crippen LogP) is 3.22. The Morgan fingerprint density at radius 2 is 1.93 bits per heavy atom. The van der Waals surface area contributed by atoms with E-state index in [2.05, 4.69) is 9.46 Å². The molecule has 2 N–H and O–H groups in total. The number of alkyl halides is 3. The van der Waals surface area contributed by atoms with Crippen LogP contribution in [0.15, 0.2) is 47.4 Å². The largest absolute Gasteiger partial charge is 0.573 e. The van der Waals surface area contributed by atoms with E-state index in [1.54, 1.807) is 18.2 Å². The standard InChI is InChI=1S/C19H18F3NO5S/c20-19(21,22)28-16-3-1-2-4-17(16)29(26,27)23-11-14-7-6-13-9-12(10-18(24)25)5-8-15(13)14/h1-5,8-9,14,23H,6-7,10-11H2,(H,24,25). The number of nitrogens with one attached hydrogen (secondary N) is 1. The average Bonchev–Trinajstić information content (AvgIpc) is 3.01. The zero-order valence-electron chi connectivity index (χ0n) is 15.1. The van der Waals surface area contributed by atoms with Crippen LogP contribution in [0.3, 0.4) is 0 Å². The van der Waals surface area contributed by atoms with Gasteiger partial charge >= 0.3 is 12.3 Å². The summed E-state index contributed by atoms with van der Waals surface area (Å²) in [5, 5.41) is 8.89. The number of benzene rings is 2. The molecule has 0 bridgehead atoms. The Morgan fingerprint density at radius 3 is 2.62 bits per heavy atom. The van der Waals surface area contributed by atoms with Gasteiger partial charge in [0, 0.05) is 6.54 Å². The van der Waals surface area contributed by atoms with Crippen LogP contribution in [-0.4, -0.2) is 32.4 Å². The molecular formula is C19H18F3NO5S. The SMILES string of the molecule is O=C(O)Cc1ccc2c(c1)CCC2CNS(=O)(=O)c1ccccc1OC(F)(F)F. The van der Waals surface area contributed by atoms with E-state index in [0.29, 0.717) is 18.4 Å². The van der Waals surface area contributed by atoms with E-state index in [1.165, 1.54) is 12.1 Å². The van der Waals surface area contributed by atoms with E-state index in [-0.39, 0.29) is 18.9 Å². The normalized spacial score (nSPS) is 16.4. The van der Waals surface area contributed by atoms with Gasteiger partial charge in [0.05, 0.1) is 6.42 Å². The Hall–Kier alpha value is -2.59. The summed E-state index contributed by atoms with van der Waals surface area (Å²) in [6.45, 7) is 0.00790. The number of rotatable bonds is 7. The van der Waals surface area contributed by atoms with Gasteiger partial charge < -0.3 is 9.84 Å². The summed E-state index contributed by atoms with van der Waals surface area (Å²) < 4.78 is 68.9. The van der Waals surface area contributed by atoms with Crippen LogP contribution < -0.4 is 9.46 Å². The molecule has 10 heteroatoms. The number of aliphatic carboxylic acids is 1. The number of para-hydroxylation sites is 1. The van der Waals surface area contributed by atoms with Gasteiger partial charge in [-0.15, -0.1) is 13.2 Å². The molecule has 29 heavy (non-hydrogen) atoms. The van der Waals surface area contributed by atoms with Gasteiger partial charge in [0.25, 0.3) is 0 Å². The Morgan fingerprint density at radius 1 is 1.21 bits per heavy atom. The third-order valence-corrected chi connectivity index (χ3v) is 6.11. The average molecular weight is 429 g/mol. The molecule has 0 aromatic heterocycles. The smallest absolute Gasteiger partial charge is 0.481 e. The summed E-state index contributed by atoms with van der Waals surface area (Å²) in [5.74, 6) is -1.89. The van der Waals surface area contributed by atoms with Crippen LogP contribution >= 0.6 is 0 Å². The van der Waals surface area contributed by atoms with Crippen molar-refractivity contribution in [1.29, 1.82) is 0 Å². The topological polar surface area (TPSA) is 92.7 Å². The lowest BCUT2D eigenvalue weighted by Crippen LogP contribution is -2.29. The van der Waals surface area contributed by atoms with Crippen LogP contribution in [0, 0.1) is 0 Å². The molecule has 1 aliphatic carbocycles. The van der Waals surface area contributed by atoms with E-state index < -0.39 is 33.0 Å². The number of carboxylic acids is 1. The summed E-state index contributed by atoms with van der Waals surface area (Å²) in [6.07, 6.45) is -3.79. The monoisotopic (exact) mass is 429 g/mol. The van der Waals surface area contributed by atoms with Crippen molar-refractivity contribution in [2.45, 2.75) is 36.4 Å². The molecule has 2 aromatic rings. The van der Waals surface area contributed by atoms with E-state index in [9.17, 15) is 26.4 Å². The molecule has 0 amide bonds. The summed E-state index contributed by atoms with van der Waals surface area (Å²) in [7, 11) is -4.23. The Kier molecular flexibility index (Phi) is 5.85. The zero-order valence-corrected chi connectivity index (χ0v) is 15.9. The first-order valence-electron chi connectivity index (χ1n) is 8.73. The maximum absolute atomic E-state index is 12.6. The molecule has 0 saturated carbocycles. The number of carboxylic acid groups (broad SMARTS) is 1. The van der Waals surface area contributed by atoms with Gasteiger partial charge in [-0.2, -0.15) is 0 Å². The lowest BCUT2D eigenvalue weighted by atomic mass is 9.99. The first kappa shape index (κ1) is 21.1. The van der Waals surface area contributed by atoms with Crippen LogP contribution in [0.4, 0.5) is 13.2 Å². The summed E-state index contributed by atoms with van der Waals surface area (Å²) in [4.78, 5) is 10.2. The summed E-state index contributed by atoms with van der Waals surface area (Å²) in [5.41, 5.74) is 2.52. The van der Waals surface area contributed by atoms with Crippen molar-refractivity contribution in [3.8, 4) is 5.75 Å². The van der Waals surface area contributed by atoms with Crippen molar-refractivity contribution in [3.63, 3.8) is 0 Å².